The standard InChI is InChI=1S/C30H28N6O4/c1-4-40-26-17-21(11-13-25(26)39-3)33-27-28-32-14-15-36(28)18-24(35-27)23-16-20(10-12-22(23)30(38)31-2)34-29(37)19-8-6-5-7-9-19/h5-18H,4H2,1-3H3,(H,31,38)(H,33,35)(H,34,37). The predicted octanol–water partition coefficient (Wildman–Crippen LogP) is 5.16. The Morgan fingerprint density at radius 1 is 0.950 bits per heavy atom. The van der Waals surface area contributed by atoms with Crippen molar-refractivity contribution in [3.05, 3.63) is 96.4 Å². The minimum atomic E-state index is -0.283. The van der Waals surface area contributed by atoms with Crippen molar-refractivity contribution < 1.29 is 19.1 Å². The first kappa shape index (κ1) is 26.2. The molecule has 5 rings (SSSR count). The van der Waals surface area contributed by atoms with Crippen molar-refractivity contribution in [2.75, 3.05) is 31.4 Å². The molecule has 0 aliphatic carbocycles. The van der Waals surface area contributed by atoms with Crippen LogP contribution in [-0.2, 0) is 0 Å². The van der Waals surface area contributed by atoms with Gasteiger partial charge in [0.1, 0.15) is 0 Å². The van der Waals surface area contributed by atoms with E-state index >= 15 is 0 Å². The van der Waals surface area contributed by atoms with Gasteiger partial charge >= 0.3 is 0 Å². The molecule has 0 spiro atoms. The topological polar surface area (TPSA) is 119 Å². The maximum atomic E-state index is 12.8. The van der Waals surface area contributed by atoms with Gasteiger partial charge in [0, 0.05) is 59.8 Å². The quantitative estimate of drug-likeness (QED) is 0.238. The molecule has 40 heavy (non-hydrogen) atoms. The van der Waals surface area contributed by atoms with Gasteiger partial charge in [-0.2, -0.15) is 0 Å². The zero-order chi connectivity index (χ0) is 28.1. The molecule has 10 nitrogen and oxygen atoms in total. The molecule has 2 amide bonds. The molecule has 0 unspecified atom stereocenters. The van der Waals surface area contributed by atoms with E-state index in [1.54, 1.807) is 75.2 Å². The summed E-state index contributed by atoms with van der Waals surface area (Å²) in [5.74, 6) is 1.13. The zero-order valence-electron chi connectivity index (χ0n) is 22.3. The van der Waals surface area contributed by atoms with Crippen LogP contribution in [0, 0.1) is 0 Å². The zero-order valence-corrected chi connectivity index (χ0v) is 22.3. The highest BCUT2D eigenvalue weighted by Crippen LogP contribution is 2.33. The number of carbonyl (C=O) groups is 2. The van der Waals surface area contributed by atoms with Crippen LogP contribution >= 0.6 is 0 Å². The number of rotatable bonds is 9. The van der Waals surface area contributed by atoms with Crippen LogP contribution in [-0.4, -0.2) is 46.9 Å². The minimum absolute atomic E-state index is 0.260. The lowest BCUT2D eigenvalue weighted by Crippen LogP contribution is -2.19. The first-order chi connectivity index (χ1) is 19.5. The lowest BCUT2D eigenvalue weighted by atomic mass is 10.0. The van der Waals surface area contributed by atoms with E-state index in [4.69, 9.17) is 14.5 Å². The van der Waals surface area contributed by atoms with E-state index in [9.17, 15) is 9.59 Å². The fourth-order valence-corrected chi connectivity index (χ4v) is 4.26. The normalized spacial score (nSPS) is 10.7. The SMILES string of the molecule is CCOc1cc(Nc2nc(-c3cc(NC(=O)c4ccccc4)ccc3C(=O)NC)cn3ccnc23)ccc1OC. The number of hydrogen-bond donors (Lipinski definition) is 3. The molecule has 0 bridgehead atoms. The summed E-state index contributed by atoms with van der Waals surface area (Å²) in [6.07, 6.45) is 5.26. The summed E-state index contributed by atoms with van der Waals surface area (Å²) in [5.41, 5.74) is 3.79. The van der Waals surface area contributed by atoms with Crippen LogP contribution in [0.15, 0.2) is 85.3 Å². The summed E-state index contributed by atoms with van der Waals surface area (Å²) < 4.78 is 12.9. The average molecular weight is 537 g/mol. The van der Waals surface area contributed by atoms with Gasteiger partial charge in [0.25, 0.3) is 11.8 Å². The molecule has 0 atom stereocenters. The van der Waals surface area contributed by atoms with Gasteiger partial charge in [-0.3, -0.25) is 9.59 Å². The lowest BCUT2D eigenvalue weighted by molar-refractivity contribution is 0.0963. The highest BCUT2D eigenvalue weighted by atomic mass is 16.5. The second-order valence-electron chi connectivity index (χ2n) is 8.72. The molecular formula is C30H28N6O4. The number of benzene rings is 3. The Morgan fingerprint density at radius 2 is 1.75 bits per heavy atom. The Morgan fingerprint density at radius 3 is 2.50 bits per heavy atom. The largest absolute Gasteiger partial charge is 0.493 e. The van der Waals surface area contributed by atoms with Gasteiger partial charge in [0.15, 0.2) is 23.0 Å². The van der Waals surface area contributed by atoms with Crippen LogP contribution in [0.5, 0.6) is 11.5 Å². The van der Waals surface area contributed by atoms with Crippen LogP contribution in [0.4, 0.5) is 17.2 Å². The van der Waals surface area contributed by atoms with Crippen LogP contribution < -0.4 is 25.4 Å². The second-order valence-corrected chi connectivity index (χ2v) is 8.72. The molecule has 202 valence electrons. The number of imidazole rings is 1. The molecule has 0 saturated carbocycles. The number of methoxy groups -OCH3 is 1. The van der Waals surface area contributed by atoms with E-state index in [2.05, 4.69) is 20.9 Å². The third-order valence-electron chi connectivity index (χ3n) is 6.16. The molecule has 10 heteroatoms. The number of hydrogen-bond acceptors (Lipinski definition) is 7. The Bertz CT molecular complexity index is 1680. The van der Waals surface area contributed by atoms with Crippen molar-refractivity contribution in [1.82, 2.24) is 19.7 Å². The van der Waals surface area contributed by atoms with E-state index in [0.29, 0.717) is 63.3 Å². The number of aromatic nitrogens is 3. The number of anilines is 3. The second kappa shape index (κ2) is 11.6. The maximum absolute atomic E-state index is 12.8. The Labute approximate surface area is 231 Å². The van der Waals surface area contributed by atoms with Gasteiger partial charge in [-0.25, -0.2) is 9.97 Å². The highest BCUT2D eigenvalue weighted by Gasteiger charge is 2.18. The number of fused-ring (bicyclic) bond motifs is 1. The number of ether oxygens (including phenoxy) is 2. The lowest BCUT2D eigenvalue weighted by Gasteiger charge is -2.15. The molecule has 0 fully saturated rings. The van der Waals surface area contributed by atoms with Crippen molar-refractivity contribution in [2.24, 2.45) is 0 Å². The minimum Gasteiger partial charge on any atom is -0.493 e. The third-order valence-corrected chi connectivity index (χ3v) is 6.16. The Balaban J connectivity index is 1.57. The summed E-state index contributed by atoms with van der Waals surface area (Å²) in [6, 6.07) is 19.5. The Kier molecular flexibility index (Phi) is 7.58. The van der Waals surface area contributed by atoms with Gasteiger partial charge in [0.2, 0.25) is 0 Å². The van der Waals surface area contributed by atoms with Crippen molar-refractivity contribution in [3.63, 3.8) is 0 Å². The first-order valence-corrected chi connectivity index (χ1v) is 12.6. The summed E-state index contributed by atoms with van der Waals surface area (Å²) >= 11 is 0. The number of amides is 2. The fraction of sp³-hybridized carbons (Fsp3) is 0.133. The van der Waals surface area contributed by atoms with Crippen LogP contribution in [0.1, 0.15) is 27.6 Å². The Hall–Kier alpha value is -5.38. The number of carbonyl (C=O) groups excluding carboxylic acids is 2. The summed E-state index contributed by atoms with van der Waals surface area (Å²) in [7, 11) is 3.15. The molecule has 3 aromatic carbocycles. The smallest absolute Gasteiger partial charge is 0.255 e. The molecule has 2 heterocycles. The summed E-state index contributed by atoms with van der Waals surface area (Å²) in [4.78, 5) is 34.9. The van der Waals surface area contributed by atoms with Gasteiger partial charge in [-0.15, -0.1) is 0 Å². The van der Waals surface area contributed by atoms with Crippen LogP contribution in [0.3, 0.4) is 0 Å². The summed E-state index contributed by atoms with van der Waals surface area (Å²) in [6.45, 7) is 2.39. The van der Waals surface area contributed by atoms with Gasteiger partial charge < -0.3 is 29.8 Å². The molecule has 0 saturated heterocycles. The molecule has 0 radical (unpaired) electrons. The predicted molar refractivity (Wildman–Crippen MR) is 154 cm³/mol. The van der Waals surface area contributed by atoms with E-state index in [1.807, 2.05) is 35.6 Å². The van der Waals surface area contributed by atoms with E-state index in [1.165, 1.54) is 0 Å². The average Bonchev–Trinajstić information content (AvgIpc) is 3.47. The van der Waals surface area contributed by atoms with Crippen molar-refractivity contribution >= 4 is 34.7 Å². The van der Waals surface area contributed by atoms with Crippen LogP contribution in [0.25, 0.3) is 16.9 Å². The fourth-order valence-electron chi connectivity index (χ4n) is 4.26. The number of nitrogens with zero attached hydrogens (tertiary/aromatic N) is 3. The summed E-state index contributed by atoms with van der Waals surface area (Å²) in [5, 5.41) is 8.91. The maximum Gasteiger partial charge on any atom is 0.255 e. The van der Waals surface area contributed by atoms with Gasteiger partial charge in [0.05, 0.1) is 19.4 Å². The monoisotopic (exact) mass is 536 g/mol. The molecule has 5 aromatic rings. The highest BCUT2D eigenvalue weighted by molar-refractivity contribution is 6.06. The van der Waals surface area contributed by atoms with Gasteiger partial charge in [-0.05, 0) is 49.4 Å². The molecule has 3 N–H and O–H groups in total. The van der Waals surface area contributed by atoms with E-state index in [-0.39, 0.29) is 11.8 Å². The van der Waals surface area contributed by atoms with E-state index < -0.39 is 0 Å². The third kappa shape index (κ3) is 5.41. The molecular weight excluding hydrogens is 508 g/mol. The van der Waals surface area contributed by atoms with E-state index in [0.717, 1.165) is 0 Å². The molecule has 0 aliphatic heterocycles. The number of nitrogens with one attached hydrogen (secondary N) is 3. The van der Waals surface area contributed by atoms with Crippen molar-refractivity contribution in [1.29, 1.82) is 0 Å². The molecule has 0 aliphatic rings. The van der Waals surface area contributed by atoms with Crippen molar-refractivity contribution in [3.8, 4) is 22.8 Å². The first-order valence-electron chi connectivity index (χ1n) is 12.6. The molecule has 2 aromatic heterocycles. The van der Waals surface area contributed by atoms with Crippen LogP contribution in [0.2, 0.25) is 0 Å². The van der Waals surface area contributed by atoms with Crippen molar-refractivity contribution in [2.45, 2.75) is 6.92 Å². The van der Waals surface area contributed by atoms with Gasteiger partial charge in [-0.1, -0.05) is 18.2 Å².